The summed E-state index contributed by atoms with van der Waals surface area (Å²) in [6, 6.07) is 19.1. The van der Waals surface area contributed by atoms with Gasteiger partial charge in [0.2, 0.25) is 0 Å². The first kappa shape index (κ1) is 18.0. The van der Waals surface area contributed by atoms with Crippen LogP contribution in [0.1, 0.15) is 54.2 Å². The number of hydrogen-bond acceptors (Lipinski definition) is 3. The summed E-state index contributed by atoms with van der Waals surface area (Å²) in [6.45, 7) is 0. The van der Waals surface area contributed by atoms with Crippen molar-refractivity contribution < 1.29 is 14.4 Å². The van der Waals surface area contributed by atoms with E-state index in [0.29, 0.717) is 27.9 Å². The molecule has 0 saturated heterocycles. The summed E-state index contributed by atoms with van der Waals surface area (Å²) in [5.41, 5.74) is 4.74. The highest BCUT2D eigenvalue weighted by Gasteiger charge is 2.29. The van der Waals surface area contributed by atoms with Crippen molar-refractivity contribution in [1.29, 1.82) is 0 Å². The minimum Gasteiger partial charge on any atom is -0.322 e. The highest BCUT2D eigenvalue weighted by molar-refractivity contribution is 6.28. The first-order valence-corrected chi connectivity index (χ1v) is 9.72. The Kier molecular flexibility index (Phi) is 4.25. The fraction of sp³-hybridized carbons (Fsp3) is 0.0385. The van der Waals surface area contributed by atoms with Gasteiger partial charge in [-0.1, -0.05) is 54.6 Å². The zero-order chi connectivity index (χ0) is 20.7. The molecule has 1 amide bonds. The number of carbonyl (C=O) groups excluding carboxylic acids is 3. The highest BCUT2D eigenvalue weighted by Crippen LogP contribution is 2.28. The van der Waals surface area contributed by atoms with Crippen LogP contribution in [-0.4, -0.2) is 17.5 Å². The number of carbonyl (C=O) groups is 3. The Morgan fingerprint density at radius 3 is 2.10 bits per heavy atom. The number of fused-ring (bicyclic) bond motifs is 2. The van der Waals surface area contributed by atoms with Crippen molar-refractivity contribution >= 4 is 28.7 Å². The maximum atomic E-state index is 12.9. The van der Waals surface area contributed by atoms with Crippen molar-refractivity contribution in [1.82, 2.24) is 0 Å². The van der Waals surface area contributed by atoms with E-state index in [1.165, 1.54) is 11.6 Å². The molecule has 3 aromatic rings. The third kappa shape index (κ3) is 2.99. The topological polar surface area (TPSA) is 63.2 Å². The molecule has 30 heavy (non-hydrogen) atoms. The van der Waals surface area contributed by atoms with E-state index in [4.69, 9.17) is 0 Å². The number of rotatable bonds is 3. The van der Waals surface area contributed by atoms with Crippen molar-refractivity contribution in [2.75, 3.05) is 5.32 Å². The molecule has 4 nitrogen and oxygen atoms in total. The zero-order valence-electron chi connectivity index (χ0n) is 16.0. The van der Waals surface area contributed by atoms with Gasteiger partial charge in [0.15, 0.2) is 11.6 Å². The molecule has 0 spiro atoms. The van der Waals surface area contributed by atoms with Crippen molar-refractivity contribution in [2.45, 2.75) is 6.42 Å². The Morgan fingerprint density at radius 2 is 1.43 bits per heavy atom. The van der Waals surface area contributed by atoms with Crippen LogP contribution in [0.2, 0.25) is 0 Å². The molecule has 5 rings (SSSR count). The number of allylic oxidation sites excluding steroid dienone is 4. The number of hydrogen-bond donors (Lipinski definition) is 1. The van der Waals surface area contributed by atoms with Crippen LogP contribution in [0.25, 0.3) is 5.57 Å². The summed E-state index contributed by atoms with van der Waals surface area (Å²) in [5, 5.41) is 2.86. The summed E-state index contributed by atoms with van der Waals surface area (Å²) in [5.74, 6) is -0.762. The van der Waals surface area contributed by atoms with E-state index >= 15 is 0 Å². The lowest BCUT2D eigenvalue weighted by Crippen LogP contribution is -2.22. The number of anilines is 1. The smallest absolute Gasteiger partial charge is 0.255 e. The summed E-state index contributed by atoms with van der Waals surface area (Å²) in [7, 11) is 0. The predicted octanol–water partition coefficient (Wildman–Crippen LogP) is 5.06. The largest absolute Gasteiger partial charge is 0.322 e. The Morgan fingerprint density at radius 1 is 0.767 bits per heavy atom. The summed E-state index contributed by atoms with van der Waals surface area (Å²) >= 11 is 0. The van der Waals surface area contributed by atoms with E-state index in [2.05, 4.69) is 17.5 Å². The van der Waals surface area contributed by atoms with Gasteiger partial charge in [0, 0.05) is 33.5 Å². The molecule has 0 atom stereocenters. The standard InChI is InChI=1S/C26H17NO3/c28-24-20-7-3-4-8-21(20)25(29)23-15-18(11-14-22(23)24)26(30)27-19-12-9-17(10-13-19)16-5-1-2-6-16/h1-5,7-15H,6H2,(H,27,30). The molecule has 144 valence electrons. The Labute approximate surface area is 173 Å². The van der Waals surface area contributed by atoms with E-state index < -0.39 is 0 Å². The average Bonchev–Trinajstić information content (AvgIpc) is 3.32. The lowest BCUT2D eigenvalue weighted by molar-refractivity contribution is 0.0978. The molecular weight excluding hydrogens is 374 g/mol. The summed E-state index contributed by atoms with van der Waals surface area (Å²) in [6.07, 6.45) is 7.13. The average molecular weight is 391 g/mol. The van der Waals surface area contributed by atoms with Gasteiger partial charge >= 0.3 is 0 Å². The second kappa shape index (κ2) is 7.08. The van der Waals surface area contributed by atoms with Crippen LogP contribution >= 0.6 is 0 Å². The van der Waals surface area contributed by atoms with Gasteiger partial charge in [-0.3, -0.25) is 14.4 Å². The van der Waals surface area contributed by atoms with Crippen molar-refractivity contribution in [3.8, 4) is 0 Å². The quantitative estimate of drug-likeness (QED) is 0.531. The van der Waals surface area contributed by atoms with Gasteiger partial charge in [0.05, 0.1) is 0 Å². The van der Waals surface area contributed by atoms with E-state index in [9.17, 15) is 14.4 Å². The highest BCUT2D eigenvalue weighted by atomic mass is 16.2. The molecular formula is C26H17NO3. The van der Waals surface area contributed by atoms with Crippen LogP contribution in [0, 0.1) is 0 Å². The van der Waals surface area contributed by atoms with Crippen LogP contribution in [0.15, 0.2) is 85.0 Å². The molecule has 0 fully saturated rings. The van der Waals surface area contributed by atoms with E-state index in [0.717, 1.165) is 12.0 Å². The fourth-order valence-corrected chi connectivity index (χ4v) is 3.87. The molecule has 2 aliphatic carbocycles. The lowest BCUT2D eigenvalue weighted by atomic mass is 9.83. The number of amides is 1. The minimum absolute atomic E-state index is 0.196. The number of benzene rings is 3. The molecule has 0 aromatic heterocycles. The zero-order valence-corrected chi connectivity index (χ0v) is 16.0. The normalized spacial score (nSPS) is 14.2. The third-order valence-corrected chi connectivity index (χ3v) is 5.47. The molecule has 0 aliphatic heterocycles. The van der Waals surface area contributed by atoms with Gasteiger partial charge in [0.25, 0.3) is 5.91 Å². The first-order valence-electron chi connectivity index (χ1n) is 9.72. The third-order valence-electron chi connectivity index (χ3n) is 5.47. The molecule has 0 heterocycles. The molecule has 0 bridgehead atoms. The number of ketones is 2. The molecule has 4 heteroatoms. The maximum Gasteiger partial charge on any atom is 0.255 e. The van der Waals surface area contributed by atoms with E-state index in [1.807, 2.05) is 30.3 Å². The van der Waals surface area contributed by atoms with Crippen molar-refractivity contribution in [3.63, 3.8) is 0 Å². The molecule has 3 aromatic carbocycles. The molecule has 0 unspecified atom stereocenters. The molecule has 1 N–H and O–H groups in total. The maximum absolute atomic E-state index is 12.9. The lowest BCUT2D eigenvalue weighted by Gasteiger charge is -2.18. The van der Waals surface area contributed by atoms with Crippen LogP contribution in [0.5, 0.6) is 0 Å². The monoisotopic (exact) mass is 391 g/mol. The Balaban J connectivity index is 1.39. The first-order chi connectivity index (χ1) is 14.6. The Hall–Kier alpha value is -4.05. The molecule has 2 aliphatic rings. The van der Waals surface area contributed by atoms with Crippen molar-refractivity contribution in [3.05, 3.63) is 118 Å². The minimum atomic E-state index is -0.327. The summed E-state index contributed by atoms with van der Waals surface area (Å²) < 4.78 is 0. The van der Waals surface area contributed by atoms with Crippen LogP contribution in [-0.2, 0) is 0 Å². The van der Waals surface area contributed by atoms with Crippen LogP contribution in [0.4, 0.5) is 5.69 Å². The van der Waals surface area contributed by atoms with Gasteiger partial charge in [-0.25, -0.2) is 0 Å². The van der Waals surface area contributed by atoms with Gasteiger partial charge in [0.1, 0.15) is 0 Å². The second-order valence-electron chi connectivity index (χ2n) is 7.32. The fourth-order valence-electron chi connectivity index (χ4n) is 3.87. The second-order valence-corrected chi connectivity index (χ2v) is 7.32. The van der Waals surface area contributed by atoms with Crippen LogP contribution in [0.3, 0.4) is 0 Å². The van der Waals surface area contributed by atoms with E-state index in [1.54, 1.807) is 36.4 Å². The SMILES string of the molecule is O=C(Nc1ccc(C2=CC=CC2)cc1)c1ccc2c(c1)C(=O)c1ccccc1C2=O. The summed E-state index contributed by atoms with van der Waals surface area (Å²) in [4.78, 5) is 38.3. The predicted molar refractivity (Wildman–Crippen MR) is 116 cm³/mol. The Bertz CT molecular complexity index is 1280. The van der Waals surface area contributed by atoms with E-state index in [-0.39, 0.29) is 23.0 Å². The molecule has 0 radical (unpaired) electrons. The number of nitrogens with one attached hydrogen (secondary N) is 1. The van der Waals surface area contributed by atoms with Gasteiger partial charge in [-0.15, -0.1) is 0 Å². The van der Waals surface area contributed by atoms with Gasteiger partial charge in [-0.05, 0) is 47.9 Å². The van der Waals surface area contributed by atoms with Crippen molar-refractivity contribution in [2.24, 2.45) is 0 Å². The van der Waals surface area contributed by atoms with Gasteiger partial charge in [-0.2, -0.15) is 0 Å². The van der Waals surface area contributed by atoms with Gasteiger partial charge < -0.3 is 5.32 Å². The van der Waals surface area contributed by atoms with Crippen LogP contribution < -0.4 is 5.32 Å². The molecule has 0 saturated carbocycles.